The first-order valence-electron chi connectivity index (χ1n) is 41.2. The summed E-state index contributed by atoms with van der Waals surface area (Å²) in [5.74, 6) is 0.168. The molecule has 0 aliphatic heterocycles. The Bertz CT molecular complexity index is 2040. The summed E-state index contributed by atoms with van der Waals surface area (Å²) in [5.41, 5.74) is 0. The SMILES string of the molecule is CCCCCC/C=C\C=C/CCCCCCCC(=O)O[C@H](COC(=O)CCCCCCCCCCCCCCCCCCCCC(C)CC)COP(=O)(O)OC[C@@H](O)COP(=O)(O)OC[C@@H](COC(=O)CCCCCCCCC(C)C)OC(=O)CCCCCCCCCCCCCC(C)C. The van der Waals surface area contributed by atoms with Crippen LogP contribution in [0.15, 0.2) is 24.3 Å². The maximum absolute atomic E-state index is 13.1. The van der Waals surface area contributed by atoms with E-state index in [0.29, 0.717) is 31.6 Å². The van der Waals surface area contributed by atoms with Crippen LogP contribution < -0.4 is 0 Å². The number of carbonyl (C=O) groups excluding carboxylic acids is 4. The Labute approximate surface area is 612 Å². The van der Waals surface area contributed by atoms with E-state index in [1.165, 1.54) is 186 Å². The average molecular weight is 1460 g/mol. The highest BCUT2D eigenvalue weighted by molar-refractivity contribution is 7.47. The Hall–Kier alpha value is -2.46. The standard InChI is InChI=1S/C81H154O17P2/c1-8-10-11-12-13-14-15-16-21-26-31-36-41-50-57-64-80(85)97-76(68-91-78(83)62-55-48-40-35-30-25-23-20-18-17-19-22-24-29-34-39-47-54-61-74(7)9-2)70-95-99(87,88)93-66-75(82)67-94-100(89,90)96-71-77(69-92-79(84)63-56-49-44-43-46-53-60-73(5)6)98-81(86)65-58-51-42-37-32-27-28-33-38-45-52-59-72(3)4/h14-16,21,72-77,82H,8-13,17-20,22-71H2,1-7H3,(H,87,88)(H,89,90)/b15-14-,21-16-/t74?,75-,76-,77-/m1/s1. The summed E-state index contributed by atoms with van der Waals surface area (Å²) < 4.78 is 68.6. The monoisotopic (exact) mass is 1460 g/mol. The van der Waals surface area contributed by atoms with Gasteiger partial charge >= 0.3 is 39.5 Å². The maximum Gasteiger partial charge on any atom is 0.472 e. The molecule has 17 nitrogen and oxygen atoms in total. The molecule has 0 radical (unpaired) electrons. The van der Waals surface area contributed by atoms with Crippen LogP contribution in [0.3, 0.4) is 0 Å². The number of aliphatic hydroxyl groups excluding tert-OH is 1. The van der Waals surface area contributed by atoms with E-state index < -0.39 is 97.5 Å². The number of phosphoric acid groups is 2. The number of hydrogen-bond acceptors (Lipinski definition) is 15. The van der Waals surface area contributed by atoms with Gasteiger partial charge < -0.3 is 33.8 Å². The number of hydrogen-bond donors (Lipinski definition) is 3. The van der Waals surface area contributed by atoms with Gasteiger partial charge in [0.2, 0.25) is 0 Å². The van der Waals surface area contributed by atoms with Crippen molar-refractivity contribution < 1.29 is 80.2 Å². The zero-order valence-corrected chi connectivity index (χ0v) is 66.9. The fraction of sp³-hybridized carbons (Fsp3) is 0.901. The van der Waals surface area contributed by atoms with Crippen molar-refractivity contribution in [3.8, 4) is 0 Å². The topological polar surface area (TPSA) is 237 Å². The van der Waals surface area contributed by atoms with E-state index in [9.17, 15) is 43.2 Å². The second-order valence-electron chi connectivity index (χ2n) is 29.7. The van der Waals surface area contributed by atoms with Gasteiger partial charge in [-0.1, -0.05) is 342 Å². The molecule has 0 heterocycles. The molecule has 0 aromatic heterocycles. The molecule has 0 spiro atoms. The second-order valence-corrected chi connectivity index (χ2v) is 32.6. The molecule has 3 unspecified atom stereocenters. The lowest BCUT2D eigenvalue weighted by molar-refractivity contribution is -0.161. The van der Waals surface area contributed by atoms with E-state index in [2.05, 4.69) is 72.8 Å². The van der Waals surface area contributed by atoms with Gasteiger partial charge in [0.05, 0.1) is 26.4 Å². The van der Waals surface area contributed by atoms with Gasteiger partial charge in [-0.3, -0.25) is 37.3 Å². The normalized spacial score (nSPS) is 14.4. The molecule has 100 heavy (non-hydrogen) atoms. The fourth-order valence-corrected chi connectivity index (χ4v) is 13.5. The molecule has 0 rings (SSSR count). The van der Waals surface area contributed by atoms with Crippen molar-refractivity contribution in [1.82, 2.24) is 0 Å². The Morgan fingerprint density at radius 3 is 0.890 bits per heavy atom. The largest absolute Gasteiger partial charge is 0.472 e. The molecule has 0 aliphatic carbocycles. The van der Waals surface area contributed by atoms with Crippen LogP contribution >= 0.6 is 15.6 Å². The third kappa shape index (κ3) is 72.5. The number of esters is 4. The molecular formula is C81H154O17P2. The maximum atomic E-state index is 13.1. The summed E-state index contributed by atoms with van der Waals surface area (Å²) in [5, 5.41) is 10.6. The zero-order valence-electron chi connectivity index (χ0n) is 65.2. The van der Waals surface area contributed by atoms with Crippen LogP contribution in [0.5, 0.6) is 0 Å². The summed E-state index contributed by atoms with van der Waals surface area (Å²) in [4.78, 5) is 72.9. The minimum Gasteiger partial charge on any atom is -0.462 e. The van der Waals surface area contributed by atoms with Crippen molar-refractivity contribution in [3.63, 3.8) is 0 Å². The van der Waals surface area contributed by atoms with Gasteiger partial charge in [-0.25, -0.2) is 9.13 Å². The minimum atomic E-state index is -4.97. The van der Waals surface area contributed by atoms with E-state index >= 15 is 0 Å². The number of aliphatic hydroxyl groups is 1. The number of phosphoric ester groups is 2. The van der Waals surface area contributed by atoms with Crippen molar-refractivity contribution in [1.29, 1.82) is 0 Å². The van der Waals surface area contributed by atoms with Crippen LogP contribution in [0.4, 0.5) is 0 Å². The van der Waals surface area contributed by atoms with Crippen molar-refractivity contribution in [2.24, 2.45) is 17.8 Å². The molecule has 0 amide bonds. The highest BCUT2D eigenvalue weighted by atomic mass is 31.2. The molecule has 0 bridgehead atoms. The molecule has 6 atom stereocenters. The van der Waals surface area contributed by atoms with Gasteiger partial charge in [0.1, 0.15) is 19.3 Å². The predicted molar refractivity (Wildman–Crippen MR) is 409 cm³/mol. The molecule has 0 saturated carbocycles. The van der Waals surface area contributed by atoms with Crippen molar-refractivity contribution in [2.75, 3.05) is 39.6 Å². The lowest BCUT2D eigenvalue weighted by Gasteiger charge is -2.21. The third-order valence-electron chi connectivity index (χ3n) is 18.6. The van der Waals surface area contributed by atoms with Crippen LogP contribution in [-0.2, 0) is 65.4 Å². The molecule has 590 valence electrons. The summed E-state index contributed by atoms with van der Waals surface area (Å²) in [7, 11) is -9.93. The molecular weight excluding hydrogens is 1310 g/mol. The van der Waals surface area contributed by atoms with Crippen LogP contribution in [0, 0.1) is 17.8 Å². The van der Waals surface area contributed by atoms with E-state index in [1.54, 1.807) is 0 Å². The molecule has 0 fully saturated rings. The van der Waals surface area contributed by atoms with Gasteiger partial charge in [0, 0.05) is 25.7 Å². The van der Waals surface area contributed by atoms with Crippen LogP contribution in [-0.4, -0.2) is 96.7 Å². The van der Waals surface area contributed by atoms with E-state index in [-0.39, 0.29) is 25.7 Å². The Morgan fingerprint density at radius 2 is 0.590 bits per heavy atom. The van der Waals surface area contributed by atoms with Gasteiger partial charge in [0.15, 0.2) is 12.2 Å². The predicted octanol–water partition coefficient (Wildman–Crippen LogP) is 23.7. The average Bonchev–Trinajstić information content (AvgIpc) is 0.935. The third-order valence-corrected chi connectivity index (χ3v) is 20.5. The molecule has 0 aromatic carbocycles. The van der Waals surface area contributed by atoms with E-state index in [4.69, 9.17) is 37.0 Å². The Kier molecular flexibility index (Phi) is 69.1. The number of unbranched alkanes of at least 4 members (excludes halogenated alkanes) is 41. The van der Waals surface area contributed by atoms with Crippen molar-refractivity contribution in [3.05, 3.63) is 24.3 Å². The Balaban J connectivity index is 5.22. The second kappa shape index (κ2) is 70.8. The van der Waals surface area contributed by atoms with Crippen LogP contribution in [0.25, 0.3) is 0 Å². The Morgan fingerprint density at radius 1 is 0.330 bits per heavy atom. The minimum absolute atomic E-state index is 0.0852. The van der Waals surface area contributed by atoms with E-state index in [1.807, 2.05) is 0 Å². The number of carbonyl (C=O) groups is 4. The van der Waals surface area contributed by atoms with Crippen molar-refractivity contribution in [2.45, 2.75) is 414 Å². The quantitative estimate of drug-likeness (QED) is 0.0169. The fourth-order valence-electron chi connectivity index (χ4n) is 11.9. The molecule has 19 heteroatoms. The first-order valence-corrected chi connectivity index (χ1v) is 44.2. The molecule has 0 saturated heterocycles. The van der Waals surface area contributed by atoms with Gasteiger partial charge in [-0.15, -0.1) is 0 Å². The van der Waals surface area contributed by atoms with Crippen molar-refractivity contribution >= 4 is 39.5 Å². The lowest BCUT2D eigenvalue weighted by atomic mass is 9.99. The highest BCUT2D eigenvalue weighted by Crippen LogP contribution is 2.45. The van der Waals surface area contributed by atoms with Crippen LogP contribution in [0.2, 0.25) is 0 Å². The zero-order chi connectivity index (χ0) is 73.7. The van der Waals surface area contributed by atoms with Gasteiger partial charge in [0.25, 0.3) is 0 Å². The smallest absolute Gasteiger partial charge is 0.462 e. The van der Waals surface area contributed by atoms with E-state index in [0.717, 1.165) is 121 Å². The molecule has 3 N–H and O–H groups in total. The first-order chi connectivity index (χ1) is 48.3. The summed E-state index contributed by atoms with van der Waals surface area (Å²) in [6, 6.07) is 0. The lowest BCUT2D eigenvalue weighted by Crippen LogP contribution is -2.30. The first kappa shape index (κ1) is 97.5. The molecule has 0 aliphatic rings. The molecule has 0 aromatic rings. The van der Waals surface area contributed by atoms with Crippen LogP contribution in [0.1, 0.15) is 395 Å². The number of allylic oxidation sites excluding steroid dienone is 4. The summed E-state index contributed by atoms with van der Waals surface area (Å²) in [6.45, 7) is 11.8. The number of rotatable bonds is 77. The summed E-state index contributed by atoms with van der Waals surface area (Å²) in [6.07, 6.45) is 62.1. The van der Waals surface area contributed by atoms with Gasteiger partial charge in [-0.2, -0.15) is 0 Å². The highest BCUT2D eigenvalue weighted by Gasteiger charge is 2.30. The number of ether oxygens (including phenoxy) is 4. The van der Waals surface area contributed by atoms with Gasteiger partial charge in [-0.05, 0) is 69.1 Å². The summed E-state index contributed by atoms with van der Waals surface area (Å²) >= 11 is 0.